The summed E-state index contributed by atoms with van der Waals surface area (Å²) in [5.74, 6) is -1.52. The fraction of sp³-hybridized carbons (Fsp3) is 0.100. The van der Waals surface area contributed by atoms with Crippen LogP contribution < -0.4 is 5.32 Å². The van der Waals surface area contributed by atoms with E-state index in [0.717, 1.165) is 30.0 Å². The van der Waals surface area contributed by atoms with Crippen molar-refractivity contribution >= 4 is 15.7 Å². The summed E-state index contributed by atoms with van der Waals surface area (Å²) in [7, 11) is -3.57. The van der Waals surface area contributed by atoms with E-state index in [0.29, 0.717) is 5.69 Å². The summed E-state index contributed by atoms with van der Waals surface area (Å²) in [6.07, 6.45) is 2.60. The fourth-order valence-electron chi connectivity index (χ4n) is 2.64. The van der Waals surface area contributed by atoms with Gasteiger partial charge < -0.3 is 5.32 Å². The molecule has 7 heteroatoms. The van der Waals surface area contributed by atoms with Crippen molar-refractivity contribution in [1.82, 2.24) is 10.3 Å². The molecular formula is C20H17FN2O3S. The van der Waals surface area contributed by atoms with Gasteiger partial charge in [-0.3, -0.25) is 9.78 Å². The van der Waals surface area contributed by atoms with Crippen LogP contribution in [0.2, 0.25) is 0 Å². The number of nitrogens with zero attached hydrogens (tertiary/aromatic N) is 1. The first kappa shape index (κ1) is 18.7. The maximum absolute atomic E-state index is 14.2. The minimum Gasteiger partial charge on any atom is -0.339 e. The van der Waals surface area contributed by atoms with Gasteiger partial charge in [-0.2, -0.15) is 0 Å². The van der Waals surface area contributed by atoms with Crippen molar-refractivity contribution in [3.05, 3.63) is 95.6 Å². The molecule has 1 aromatic heterocycles. The second kappa shape index (κ2) is 7.67. The Kier molecular flexibility index (Phi) is 5.32. The van der Waals surface area contributed by atoms with E-state index >= 15 is 0 Å². The molecule has 0 spiro atoms. The molecule has 0 fully saturated rings. The molecule has 0 saturated carbocycles. The molecule has 27 heavy (non-hydrogen) atoms. The molecule has 0 aliphatic rings. The second-order valence-corrected chi connectivity index (χ2v) is 8.00. The Hall–Kier alpha value is -3.06. The standard InChI is InChI=1S/C20H17FN2O3S/c1-27(25,26)15-10-11-17(21)16(13-15)20(24)23-19(14-7-3-2-4-8-14)18-9-5-6-12-22-18/h2-13,19H,1H3,(H,23,24)/t19-/m1/s1. The molecule has 1 heterocycles. The van der Waals surface area contributed by atoms with Gasteiger partial charge in [0.15, 0.2) is 9.84 Å². The number of hydrogen-bond acceptors (Lipinski definition) is 4. The molecule has 0 saturated heterocycles. The number of amides is 1. The van der Waals surface area contributed by atoms with Crippen LogP contribution in [0, 0.1) is 5.82 Å². The lowest BCUT2D eigenvalue weighted by Crippen LogP contribution is -2.30. The van der Waals surface area contributed by atoms with Gasteiger partial charge in [0.2, 0.25) is 0 Å². The molecule has 5 nitrogen and oxygen atoms in total. The van der Waals surface area contributed by atoms with Crippen molar-refractivity contribution in [2.75, 3.05) is 6.26 Å². The minimum absolute atomic E-state index is 0.122. The summed E-state index contributed by atoms with van der Waals surface area (Å²) in [6.45, 7) is 0. The number of benzene rings is 2. The highest BCUT2D eigenvalue weighted by Gasteiger charge is 2.22. The average molecular weight is 384 g/mol. The van der Waals surface area contributed by atoms with Crippen molar-refractivity contribution in [2.24, 2.45) is 0 Å². The van der Waals surface area contributed by atoms with E-state index in [9.17, 15) is 17.6 Å². The van der Waals surface area contributed by atoms with Gasteiger partial charge in [-0.05, 0) is 35.9 Å². The minimum atomic E-state index is -3.57. The third-order valence-corrected chi connectivity index (χ3v) is 5.11. The zero-order valence-electron chi connectivity index (χ0n) is 14.5. The van der Waals surface area contributed by atoms with Crippen LogP contribution in [0.4, 0.5) is 4.39 Å². The molecule has 1 N–H and O–H groups in total. The summed E-state index contributed by atoms with van der Waals surface area (Å²) < 4.78 is 37.6. The highest BCUT2D eigenvalue weighted by Crippen LogP contribution is 2.22. The van der Waals surface area contributed by atoms with Crippen LogP contribution in [0.5, 0.6) is 0 Å². The molecule has 0 aliphatic heterocycles. The maximum atomic E-state index is 14.2. The number of carbonyl (C=O) groups is 1. The fourth-order valence-corrected chi connectivity index (χ4v) is 3.29. The van der Waals surface area contributed by atoms with Crippen molar-refractivity contribution in [3.8, 4) is 0 Å². The first-order chi connectivity index (χ1) is 12.9. The van der Waals surface area contributed by atoms with Gasteiger partial charge in [0.1, 0.15) is 5.82 Å². The molecule has 2 aromatic carbocycles. The van der Waals surface area contributed by atoms with Crippen LogP contribution in [-0.4, -0.2) is 25.6 Å². The van der Waals surface area contributed by atoms with Crippen molar-refractivity contribution in [3.63, 3.8) is 0 Å². The molecule has 0 unspecified atom stereocenters. The van der Waals surface area contributed by atoms with Gasteiger partial charge in [0.25, 0.3) is 5.91 Å². The van der Waals surface area contributed by atoms with E-state index in [1.54, 1.807) is 24.4 Å². The SMILES string of the molecule is CS(=O)(=O)c1ccc(F)c(C(=O)N[C@H](c2ccccc2)c2ccccn2)c1. The molecule has 0 bridgehead atoms. The van der Waals surface area contributed by atoms with E-state index in [-0.39, 0.29) is 10.5 Å². The van der Waals surface area contributed by atoms with Crippen molar-refractivity contribution in [1.29, 1.82) is 0 Å². The quantitative estimate of drug-likeness (QED) is 0.686. The Balaban J connectivity index is 1.99. The predicted octanol–water partition coefficient (Wildman–Crippen LogP) is 3.14. The lowest BCUT2D eigenvalue weighted by Gasteiger charge is -2.19. The van der Waals surface area contributed by atoms with Gasteiger partial charge >= 0.3 is 0 Å². The largest absolute Gasteiger partial charge is 0.339 e. The van der Waals surface area contributed by atoms with E-state index in [2.05, 4.69) is 10.3 Å². The van der Waals surface area contributed by atoms with Crippen LogP contribution in [0.15, 0.2) is 77.8 Å². The van der Waals surface area contributed by atoms with E-state index in [1.165, 1.54) is 0 Å². The van der Waals surface area contributed by atoms with E-state index in [1.807, 2.05) is 30.3 Å². The Labute approximate surface area is 156 Å². The number of halogens is 1. The predicted molar refractivity (Wildman–Crippen MR) is 99.5 cm³/mol. The number of nitrogens with one attached hydrogen (secondary N) is 1. The van der Waals surface area contributed by atoms with Gasteiger partial charge in [0, 0.05) is 12.5 Å². The summed E-state index contributed by atoms with van der Waals surface area (Å²) in [5.41, 5.74) is 1.01. The lowest BCUT2D eigenvalue weighted by molar-refractivity contribution is 0.0938. The molecule has 3 aromatic rings. The molecule has 0 aliphatic carbocycles. The lowest BCUT2D eigenvalue weighted by atomic mass is 10.0. The third kappa shape index (κ3) is 4.38. The molecule has 1 atom stereocenters. The van der Waals surface area contributed by atoms with E-state index < -0.39 is 27.6 Å². The number of rotatable bonds is 5. The molecule has 1 amide bonds. The normalized spacial score (nSPS) is 12.4. The monoisotopic (exact) mass is 384 g/mol. The smallest absolute Gasteiger partial charge is 0.255 e. The Morgan fingerprint density at radius 1 is 1.04 bits per heavy atom. The van der Waals surface area contributed by atoms with Crippen LogP contribution in [0.25, 0.3) is 0 Å². The summed E-state index contributed by atoms with van der Waals surface area (Å²) in [6, 6.07) is 17.0. The average Bonchev–Trinajstić information content (AvgIpc) is 2.66. The van der Waals surface area contributed by atoms with Gasteiger partial charge in [0.05, 0.1) is 22.2 Å². The molecule has 138 valence electrons. The Bertz CT molecular complexity index is 1020. The van der Waals surface area contributed by atoms with Crippen LogP contribution in [0.1, 0.15) is 27.7 Å². The Morgan fingerprint density at radius 2 is 1.74 bits per heavy atom. The number of hydrogen-bond donors (Lipinski definition) is 1. The molecular weight excluding hydrogens is 367 g/mol. The van der Waals surface area contributed by atoms with Crippen LogP contribution in [-0.2, 0) is 9.84 Å². The third-order valence-electron chi connectivity index (χ3n) is 4.00. The highest BCUT2D eigenvalue weighted by atomic mass is 32.2. The molecule has 3 rings (SSSR count). The topological polar surface area (TPSA) is 76.1 Å². The first-order valence-electron chi connectivity index (χ1n) is 8.12. The van der Waals surface area contributed by atoms with Gasteiger partial charge in [-0.1, -0.05) is 36.4 Å². The Morgan fingerprint density at radius 3 is 2.37 bits per heavy atom. The van der Waals surface area contributed by atoms with Crippen LogP contribution in [0.3, 0.4) is 0 Å². The second-order valence-electron chi connectivity index (χ2n) is 5.99. The van der Waals surface area contributed by atoms with Crippen molar-refractivity contribution < 1.29 is 17.6 Å². The van der Waals surface area contributed by atoms with E-state index in [4.69, 9.17) is 0 Å². The zero-order valence-corrected chi connectivity index (χ0v) is 15.3. The summed E-state index contributed by atoms with van der Waals surface area (Å²) in [5, 5.41) is 2.75. The summed E-state index contributed by atoms with van der Waals surface area (Å²) >= 11 is 0. The summed E-state index contributed by atoms with van der Waals surface area (Å²) in [4.78, 5) is 16.9. The molecule has 0 radical (unpaired) electrons. The highest BCUT2D eigenvalue weighted by molar-refractivity contribution is 7.90. The van der Waals surface area contributed by atoms with Crippen LogP contribution >= 0.6 is 0 Å². The number of aromatic nitrogens is 1. The number of sulfone groups is 1. The van der Waals surface area contributed by atoms with Crippen molar-refractivity contribution in [2.45, 2.75) is 10.9 Å². The zero-order chi connectivity index (χ0) is 19.4. The number of carbonyl (C=O) groups excluding carboxylic acids is 1. The van der Waals surface area contributed by atoms with Gasteiger partial charge in [-0.15, -0.1) is 0 Å². The van der Waals surface area contributed by atoms with Gasteiger partial charge in [-0.25, -0.2) is 12.8 Å². The number of pyridine rings is 1. The first-order valence-corrected chi connectivity index (χ1v) is 10.0. The maximum Gasteiger partial charge on any atom is 0.255 e.